The van der Waals surface area contributed by atoms with Gasteiger partial charge in [-0.1, -0.05) is 120 Å². The van der Waals surface area contributed by atoms with Crippen molar-refractivity contribution in [1.29, 1.82) is 0 Å². The lowest BCUT2D eigenvalue weighted by atomic mass is 9.84. The van der Waals surface area contributed by atoms with Crippen molar-refractivity contribution < 1.29 is 15.0 Å². The molecule has 5 atom stereocenters. The van der Waals surface area contributed by atoms with Crippen LogP contribution in [0.3, 0.4) is 0 Å². The van der Waals surface area contributed by atoms with E-state index in [1.54, 1.807) is 6.08 Å². The summed E-state index contributed by atoms with van der Waals surface area (Å²) in [5, 5.41) is 19.1. The average Bonchev–Trinajstić information content (AvgIpc) is 2.83. The standard InChI is InChI=1S/C14H26O.C12H22O.C10H16O/c1-3-4-5-6-7-8-13-9-12(2)10-14(15)11-13;1-3-4-5-6-11-7-10(2)8-12(13)9-11;1-3-4-9-5-8(2)6-10(11)7-9/h10,13-15H,3-9,11H2,1-2H3;8,11-13H,3-7,9H2,1-2H3;6,9H,3-5,7H2,1-2H3. The van der Waals surface area contributed by atoms with Crippen molar-refractivity contribution in [2.45, 2.75) is 169 Å². The summed E-state index contributed by atoms with van der Waals surface area (Å²) in [6.07, 6.45) is 27.6. The Balaban J connectivity index is 0.000000296. The second kappa shape index (κ2) is 21.5. The second-order valence-electron chi connectivity index (χ2n) is 13.0. The van der Waals surface area contributed by atoms with Gasteiger partial charge in [-0.05, 0) is 83.1 Å². The number of carbonyl (C=O) groups is 1. The van der Waals surface area contributed by atoms with E-state index in [0.29, 0.717) is 11.7 Å². The van der Waals surface area contributed by atoms with Crippen molar-refractivity contribution in [3.05, 3.63) is 34.9 Å². The SMILES string of the molecule is CCCC1CC(=O)C=C(C)C1.CCCCCC1CC(C)=CC(O)C1.CCCCCCCC1CC(C)=CC(O)C1. The van der Waals surface area contributed by atoms with Crippen molar-refractivity contribution in [2.24, 2.45) is 17.8 Å². The summed E-state index contributed by atoms with van der Waals surface area (Å²) in [5.74, 6) is 2.45. The molecular formula is C36H64O3. The first-order chi connectivity index (χ1) is 18.7. The van der Waals surface area contributed by atoms with Gasteiger partial charge in [0.15, 0.2) is 5.78 Å². The van der Waals surface area contributed by atoms with Gasteiger partial charge >= 0.3 is 0 Å². The third-order valence-corrected chi connectivity index (χ3v) is 8.46. The van der Waals surface area contributed by atoms with Gasteiger partial charge in [0.1, 0.15) is 0 Å². The molecule has 3 aliphatic carbocycles. The first-order valence-corrected chi connectivity index (χ1v) is 16.6. The molecule has 0 fully saturated rings. The summed E-state index contributed by atoms with van der Waals surface area (Å²) in [6.45, 7) is 13.0. The molecule has 0 saturated heterocycles. The number of hydrogen-bond acceptors (Lipinski definition) is 3. The molecule has 3 rings (SSSR count). The van der Waals surface area contributed by atoms with E-state index in [9.17, 15) is 15.0 Å². The molecule has 2 N–H and O–H groups in total. The summed E-state index contributed by atoms with van der Waals surface area (Å²) in [4.78, 5) is 11.1. The van der Waals surface area contributed by atoms with Gasteiger partial charge < -0.3 is 10.2 Å². The molecule has 0 amide bonds. The lowest BCUT2D eigenvalue weighted by Gasteiger charge is -2.24. The van der Waals surface area contributed by atoms with Gasteiger partial charge in [0.2, 0.25) is 0 Å². The van der Waals surface area contributed by atoms with Crippen LogP contribution in [0.1, 0.15) is 157 Å². The summed E-state index contributed by atoms with van der Waals surface area (Å²) < 4.78 is 0. The average molecular weight is 545 g/mol. The highest BCUT2D eigenvalue weighted by molar-refractivity contribution is 5.91. The van der Waals surface area contributed by atoms with Crippen molar-refractivity contribution in [1.82, 2.24) is 0 Å². The van der Waals surface area contributed by atoms with Crippen LogP contribution in [-0.4, -0.2) is 28.2 Å². The Hall–Kier alpha value is -1.19. The molecule has 0 aromatic carbocycles. The largest absolute Gasteiger partial charge is 0.389 e. The van der Waals surface area contributed by atoms with E-state index in [-0.39, 0.29) is 12.2 Å². The molecule has 3 nitrogen and oxygen atoms in total. The van der Waals surface area contributed by atoms with Crippen LogP contribution in [0.5, 0.6) is 0 Å². The summed E-state index contributed by atoms with van der Waals surface area (Å²) >= 11 is 0. The molecule has 0 spiro atoms. The van der Waals surface area contributed by atoms with Gasteiger partial charge in [0, 0.05) is 6.42 Å². The van der Waals surface area contributed by atoms with Crippen molar-refractivity contribution >= 4 is 5.78 Å². The van der Waals surface area contributed by atoms with Gasteiger partial charge in [-0.2, -0.15) is 0 Å². The smallest absolute Gasteiger partial charge is 0.155 e. The van der Waals surface area contributed by atoms with Crippen LogP contribution in [0, 0.1) is 17.8 Å². The number of aliphatic hydroxyl groups excluding tert-OH is 2. The molecular weight excluding hydrogens is 480 g/mol. The quantitative estimate of drug-likeness (QED) is 0.190. The minimum absolute atomic E-state index is 0.166. The fraction of sp³-hybridized carbons (Fsp3) is 0.806. The van der Waals surface area contributed by atoms with Crippen LogP contribution in [0.2, 0.25) is 0 Å². The van der Waals surface area contributed by atoms with Crippen LogP contribution in [0.4, 0.5) is 0 Å². The van der Waals surface area contributed by atoms with Crippen molar-refractivity contribution in [3.8, 4) is 0 Å². The molecule has 0 saturated carbocycles. The van der Waals surface area contributed by atoms with Gasteiger partial charge in [-0.3, -0.25) is 4.79 Å². The highest BCUT2D eigenvalue weighted by Crippen LogP contribution is 2.29. The molecule has 5 unspecified atom stereocenters. The molecule has 0 aliphatic heterocycles. The van der Waals surface area contributed by atoms with Crippen LogP contribution in [0.15, 0.2) is 34.9 Å². The molecule has 3 heteroatoms. The summed E-state index contributed by atoms with van der Waals surface area (Å²) in [6, 6.07) is 0. The molecule has 0 bridgehead atoms. The Labute approximate surface area is 242 Å². The van der Waals surface area contributed by atoms with E-state index in [2.05, 4.69) is 41.5 Å². The van der Waals surface area contributed by atoms with Crippen LogP contribution < -0.4 is 0 Å². The number of ketones is 1. The molecule has 0 aromatic heterocycles. The van der Waals surface area contributed by atoms with Gasteiger partial charge in [-0.15, -0.1) is 0 Å². The van der Waals surface area contributed by atoms with Gasteiger partial charge in [0.25, 0.3) is 0 Å². The maximum Gasteiger partial charge on any atom is 0.155 e. The maximum atomic E-state index is 11.1. The van der Waals surface area contributed by atoms with E-state index in [1.165, 1.54) is 107 Å². The number of aliphatic hydroxyl groups is 2. The number of unbranched alkanes of at least 4 members (excludes halogenated alkanes) is 6. The van der Waals surface area contributed by atoms with Crippen LogP contribution >= 0.6 is 0 Å². The zero-order valence-corrected chi connectivity index (χ0v) is 26.6. The van der Waals surface area contributed by atoms with E-state index in [0.717, 1.165) is 37.5 Å². The summed E-state index contributed by atoms with van der Waals surface area (Å²) in [7, 11) is 0. The minimum Gasteiger partial charge on any atom is -0.389 e. The number of allylic oxidation sites excluding steroid dienone is 4. The third kappa shape index (κ3) is 18.0. The normalized spacial score (nSPS) is 26.8. The third-order valence-electron chi connectivity index (χ3n) is 8.46. The van der Waals surface area contributed by atoms with Crippen molar-refractivity contribution in [2.75, 3.05) is 0 Å². The lowest BCUT2D eigenvalue weighted by Crippen LogP contribution is -2.17. The van der Waals surface area contributed by atoms with Gasteiger partial charge in [-0.25, -0.2) is 0 Å². The fourth-order valence-electron chi connectivity index (χ4n) is 6.67. The van der Waals surface area contributed by atoms with Crippen LogP contribution in [0.25, 0.3) is 0 Å². The van der Waals surface area contributed by atoms with Crippen molar-refractivity contribution in [3.63, 3.8) is 0 Å². The first kappa shape index (κ1) is 35.8. The molecule has 39 heavy (non-hydrogen) atoms. The lowest BCUT2D eigenvalue weighted by molar-refractivity contribution is -0.116. The molecule has 226 valence electrons. The molecule has 0 heterocycles. The Morgan fingerprint density at radius 1 is 0.590 bits per heavy atom. The second-order valence-corrected chi connectivity index (χ2v) is 13.0. The van der Waals surface area contributed by atoms with E-state index < -0.39 is 0 Å². The van der Waals surface area contributed by atoms with E-state index in [1.807, 2.05) is 12.2 Å². The topological polar surface area (TPSA) is 57.5 Å². The first-order valence-electron chi connectivity index (χ1n) is 16.6. The maximum absolute atomic E-state index is 11.1. The Kier molecular flexibility index (Phi) is 19.8. The van der Waals surface area contributed by atoms with E-state index >= 15 is 0 Å². The van der Waals surface area contributed by atoms with E-state index in [4.69, 9.17) is 0 Å². The molecule has 3 aliphatic rings. The zero-order chi connectivity index (χ0) is 29.0. The number of hydrogen-bond donors (Lipinski definition) is 2. The highest BCUT2D eigenvalue weighted by atomic mass is 16.3. The molecule has 0 radical (unpaired) electrons. The zero-order valence-electron chi connectivity index (χ0n) is 26.6. The monoisotopic (exact) mass is 544 g/mol. The number of carbonyl (C=O) groups excluding carboxylic acids is 1. The Morgan fingerprint density at radius 3 is 1.51 bits per heavy atom. The number of rotatable bonds is 12. The summed E-state index contributed by atoms with van der Waals surface area (Å²) in [5.41, 5.74) is 4.02. The molecule has 0 aromatic rings. The minimum atomic E-state index is -0.167. The Morgan fingerprint density at radius 2 is 1.05 bits per heavy atom. The predicted octanol–water partition coefficient (Wildman–Crippen LogP) is 10.1. The van der Waals surface area contributed by atoms with Gasteiger partial charge in [0.05, 0.1) is 12.2 Å². The highest BCUT2D eigenvalue weighted by Gasteiger charge is 2.19. The van der Waals surface area contributed by atoms with Crippen LogP contribution in [-0.2, 0) is 4.79 Å². The predicted molar refractivity (Wildman–Crippen MR) is 169 cm³/mol. The fourth-order valence-corrected chi connectivity index (χ4v) is 6.67. The Bertz CT molecular complexity index is 746.